The number of amides is 2. The molecule has 0 aliphatic carbocycles. The molecule has 1 aliphatic heterocycles. The van der Waals surface area contributed by atoms with E-state index < -0.39 is 6.09 Å². The predicted octanol–water partition coefficient (Wildman–Crippen LogP) is 0.275. The molecule has 0 atom stereocenters. The molecule has 0 spiro atoms. The summed E-state index contributed by atoms with van der Waals surface area (Å²) in [5, 5.41) is 0. The summed E-state index contributed by atoms with van der Waals surface area (Å²) in [7, 11) is 0. The summed E-state index contributed by atoms with van der Waals surface area (Å²) in [5.74, 6) is -0.366. The average molecular weight is 180 g/mol. The van der Waals surface area contributed by atoms with Gasteiger partial charge in [-0.3, -0.25) is 4.79 Å². The zero-order valence-corrected chi connectivity index (χ0v) is 5.34. The van der Waals surface area contributed by atoms with Crippen molar-refractivity contribution in [1.82, 2.24) is 3.93 Å². The van der Waals surface area contributed by atoms with Crippen LogP contribution in [0.5, 0.6) is 0 Å². The van der Waals surface area contributed by atoms with E-state index in [1.807, 2.05) is 0 Å². The molecule has 1 saturated heterocycles. The molecule has 4 nitrogen and oxygen atoms in total. The van der Waals surface area contributed by atoms with Gasteiger partial charge in [0.15, 0.2) is 6.61 Å². The van der Waals surface area contributed by atoms with Gasteiger partial charge in [0.1, 0.15) is 0 Å². The molecule has 44 valence electrons. The maximum atomic E-state index is 10.3. The lowest BCUT2D eigenvalue weighted by Crippen LogP contribution is -2.16. The second-order valence-corrected chi connectivity index (χ2v) is 1.94. The minimum Gasteiger partial charge on any atom is -0.438 e. The van der Waals surface area contributed by atoms with Crippen LogP contribution >= 0.6 is 16.1 Å². The van der Waals surface area contributed by atoms with Gasteiger partial charge in [-0.15, -0.1) is 0 Å². The van der Waals surface area contributed by atoms with Crippen LogP contribution in [0.1, 0.15) is 0 Å². The number of hydrogen-bond acceptors (Lipinski definition) is 3. The highest BCUT2D eigenvalue weighted by molar-refractivity contribution is 9.08. The van der Waals surface area contributed by atoms with E-state index in [0.717, 1.165) is 3.93 Å². The van der Waals surface area contributed by atoms with Gasteiger partial charge >= 0.3 is 6.09 Å². The van der Waals surface area contributed by atoms with Crippen molar-refractivity contribution in [2.75, 3.05) is 6.61 Å². The zero-order valence-electron chi connectivity index (χ0n) is 3.76. The number of carbonyl (C=O) groups is 2. The average Bonchev–Trinajstić information content (AvgIpc) is 1.98. The highest BCUT2D eigenvalue weighted by Crippen LogP contribution is 2.08. The van der Waals surface area contributed by atoms with Crippen LogP contribution < -0.4 is 0 Å². The second-order valence-electron chi connectivity index (χ2n) is 1.23. The molecule has 0 unspecified atom stereocenters. The first-order valence-corrected chi connectivity index (χ1v) is 2.58. The van der Waals surface area contributed by atoms with Crippen molar-refractivity contribution < 1.29 is 14.3 Å². The van der Waals surface area contributed by atoms with Crippen LogP contribution in [-0.2, 0) is 9.53 Å². The molecule has 5 heteroatoms. The Hall–Kier alpha value is -0.580. The number of imide groups is 1. The van der Waals surface area contributed by atoms with Gasteiger partial charge in [-0.1, -0.05) is 0 Å². The highest BCUT2D eigenvalue weighted by atomic mass is 79.9. The van der Waals surface area contributed by atoms with E-state index >= 15 is 0 Å². The van der Waals surface area contributed by atoms with E-state index in [1.54, 1.807) is 0 Å². The fourth-order valence-corrected chi connectivity index (χ4v) is 0.543. The maximum absolute atomic E-state index is 10.3. The summed E-state index contributed by atoms with van der Waals surface area (Å²) in [4.78, 5) is 20.5. The molecular weight excluding hydrogens is 178 g/mol. The Balaban J connectivity index is 2.70. The summed E-state index contributed by atoms with van der Waals surface area (Å²) in [5.41, 5.74) is 0. The van der Waals surface area contributed by atoms with Crippen LogP contribution in [0.2, 0.25) is 0 Å². The largest absolute Gasteiger partial charge is 0.438 e. The first-order chi connectivity index (χ1) is 3.72. The Kier molecular flexibility index (Phi) is 1.21. The Morgan fingerprint density at radius 3 is 2.38 bits per heavy atom. The SMILES string of the molecule is O=C1COC(=O)N1Br. The van der Waals surface area contributed by atoms with Crippen LogP contribution in [-0.4, -0.2) is 22.5 Å². The topological polar surface area (TPSA) is 46.6 Å². The fraction of sp³-hybridized carbons (Fsp3) is 0.333. The lowest BCUT2D eigenvalue weighted by atomic mass is 10.7. The minimum absolute atomic E-state index is 0.149. The third-order valence-electron chi connectivity index (χ3n) is 0.698. The molecule has 0 radical (unpaired) electrons. The third-order valence-corrected chi connectivity index (χ3v) is 1.38. The van der Waals surface area contributed by atoms with Gasteiger partial charge in [0.25, 0.3) is 5.91 Å². The number of halogens is 1. The monoisotopic (exact) mass is 179 g/mol. The minimum atomic E-state index is -0.644. The number of ether oxygens (including phenoxy) is 1. The van der Waals surface area contributed by atoms with Gasteiger partial charge in [0.2, 0.25) is 0 Å². The van der Waals surface area contributed by atoms with Crippen molar-refractivity contribution in [3.8, 4) is 0 Å². The molecule has 8 heavy (non-hydrogen) atoms. The maximum Gasteiger partial charge on any atom is 0.427 e. The van der Waals surface area contributed by atoms with E-state index in [1.165, 1.54) is 0 Å². The molecule has 0 bridgehead atoms. The first-order valence-electron chi connectivity index (χ1n) is 1.87. The fourth-order valence-electron chi connectivity index (χ4n) is 0.339. The second kappa shape index (κ2) is 1.74. The summed E-state index contributed by atoms with van der Waals surface area (Å²) >= 11 is 2.68. The molecule has 1 heterocycles. The van der Waals surface area contributed by atoms with Gasteiger partial charge in [-0.05, 0) is 0 Å². The van der Waals surface area contributed by atoms with E-state index in [9.17, 15) is 9.59 Å². The van der Waals surface area contributed by atoms with Gasteiger partial charge in [0.05, 0.1) is 16.1 Å². The Morgan fingerprint density at radius 2 is 2.25 bits per heavy atom. The van der Waals surface area contributed by atoms with Crippen LogP contribution in [0.4, 0.5) is 4.79 Å². The molecule has 1 aliphatic rings. The first kappa shape index (κ1) is 5.55. The number of nitrogens with zero attached hydrogens (tertiary/aromatic N) is 1. The Labute approximate surface area is 53.7 Å². The number of rotatable bonds is 0. The van der Waals surface area contributed by atoms with Gasteiger partial charge < -0.3 is 4.74 Å². The van der Waals surface area contributed by atoms with Gasteiger partial charge in [-0.2, -0.15) is 3.93 Å². The molecule has 2 amide bonds. The molecular formula is C3H2BrNO3. The van der Waals surface area contributed by atoms with Crippen LogP contribution in [0.15, 0.2) is 0 Å². The van der Waals surface area contributed by atoms with Crippen molar-refractivity contribution in [3.05, 3.63) is 0 Å². The quantitative estimate of drug-likeness (QED) is 0.502. The van der Waals surface area contributed by atoms with E-state index in [4.69, 9.17) is 0 Å². The van der Waals surface area contributed by atoms with Crippen molar-refractivity contribution >= 4 is 28.1 Å². The summed E-state index contributed by atoms with van der Waals surface area (Å²) in [6.45, 7) is -0.149. The van der Waals surface area contributed by atoms with Crippen molar-refractivity contribution in [2.45, 2.75) is 0 Å². The molecule has 1 rings (SSSR count). The molecule has 0 N–H and O–H groups in total. The standard InChI is InChI=1S/C3H2BrNO3/c4-5-2(6)1-8-3(5)7/h1H2. The molecule has 0 aromatic carbocycles. The van der Waals surface area contributed by atoms with Gasteiger partial charge in [0, 0.05) is 0 Å². The summed E-state index contributed by atoms with van der Waals surface area (Å²) < 4.78 is 5.02. The molecule has 1 fully saturated rings. The lowest BCUT2D eigenvalue weighted by Gasteiger charge is -1.93. The predicted molar refractivity (Wildman–Crippen MR) is 27.1 cm³/mol. The van der Waals surface area contributed by atoms with E-state index in [0.29, 0.717) is 0 Å². The summed E-state index contributed by atoms with van der Waals surface area (Å²) in [6.07, 6.45) is -0.644. The van der Waals surface area contributed by atoms with Crippen molar-refractivity contribution in [2.24, 2.45) is 0 Å². The van der Waals surface area contributed by atoms with Crippen molar-refractivity contribution in [3.63, 3.8) is 0 Å². The molecule has 0 aromatic rings. The van der Waals surface area contributed by atoms with Gasteiger partial charge in [-0.25, -0.2) is 4.79 Å². The number of cyclic esters (lactones) is 1. The van der Waals surface area contributed by atoms with Crippen molar-refractivity contribution in [1.29, 1.82) is 0 Å². The molecule has 0 aromatic heterocycles. The van der Waals surface area contributed by atoms with E-state index in [2.05, 4.69) is 20.9 Å². The summed E-state index contributed by atoms with van der Waals surface area (Å²) in [6, 6.07) is 0. The zero-order chi connectivity index (χ0) is 6.15. The molecule has 0 saturated carbocycles. The van der Waals surface area contributed by atoms with Crippen LogP contribution in [0, 0.1) is 0 Å². The van der Waals surface area contributed by atoms with Crippen LogP contribution in [0.3, 0.4) is 0 Å². The smallest absolute Gasteiger partial charge is 0.427 e. The third kappa shape index (κ3) is 0.686. The number of carbonyl (C=O) groups excluding carboxylic acids is 2. The highest BCUT2D eigenvalue weighted by Gasteiger charge is 2.28. The number of hydrogen-bond donors (Lipinski definition) is 0. The van der Waals surface area contributed by atoms with E-state index in [-0.39, 0.29) is 12.5 Å². The Morgan fingerprint density at radius 1 is 1.62 bits per heavy atom. The lowest BCUT2D eigenvalue weighted by molar-refractivity contribution is -0.122. The Bertz CT molecular complexity index is 129. The normalized spacial score (nSPS) is 19.4. The van der Waals surface area contributed by atoms with Crippen LogP contribution in [0.25, 0.3) is 0 Å².